The summed E-state index contributed by atoms with van der Waals surface area (Å²) in [6.07, 6.45) is 4.49. The van der Waals surface area contributed by atoms with Gasteiger partial charge in [-0.1, -0.05) is 0 Å². The number of carbonyl (C=O) groups excluding carboxylic acids is 1. The highest BCUT2D eigenvalue weighted by molar-refractivity contribution is 5.90. The molecule has 1 aliphatic rings. The van der Waals surface area contributed by atoms with Gasteiger partial charge in [-0.2, -0.15) is 5.10 Å². The summed E-state index contributed by atoms with van der Waals surface area (Å²) < 4.78 is 7.43. The van der Waals surface area contributed by atoms with Gasteiger partial charge in [0.25, 0.3) is 5.91 Å². The molecule has 8 heteroatoms. The third-order valence-corrected chi connectivity index (χ3v) is 3.69. The van der Waals surface area contributed by atoms with E-state index in [0.29, 0.717) is 23.9 Å². The Bertz CT molecular complexity index is 693. The second-order valence-corrected chi connectivity index (χ2v) is 5.50. The van der Waals surface area contributed by atoms with Gasteiger partial charge in [0, 0.05) is 31.9 Å². The molecule has 1 atom stereocenters. The molecule has 0 bridgehead atoms. The third kappa shape index (κ3) is 3.65. The van der Waals surface area contributed by atoms with Crippen molar-refractivity contribution >= 4 is 5.91 Å². The summed E-state index contributed by atoms with van der Waals surface area (Å²) in [6.45, 7) is 3.89. The summed E-state index contributed by atoms with van der Waals surface area (Å²) >= 11 is 0. The molecule has 0 spiro atoms. The normalized spacial score (nSPS) is 17.2. The van der Waals surface area contributed by atoms with Gasteiger partial charge >= 0.3 is 0 Å². The first-order valence-electron chi connectivity index (χ1n) is 7.59. The van der Waals surface area contributed by atoms with Gasteiger partial charge in [0.1, 0.15) is 17.7 Å². The van der Waals surface area contributed by atoms with Crippen LogP contribution in [0.3, 0.4) is 0 Å². The number of ether oxygens (including phenoxy) is 1. The van der Waals surface area contributed by atoms with Crippen molar-refractivity contribution in [3.63, 3.8) is 0 Å². The van der Waals surface area contributed by atoms with E-state index >= 15 is 0 Å². The first-order valence-corrected chi connectivity index (χ1v) is 7.59. The van der Waals surface area contributed by atoms with Crippen LogP contribution in [0.5, 0.6) is 5.75 Å². The van der Waals surface area contributed by atoms with Crippen molar-refractivity contribution in [2.45, 2.75) is 26.0 Å². The Morgan fingerprint density at radius 2 is 2.43 bits per heavy atom. The second-order valence-electron chi connectivity index (χ2n) is 5.50. The van der Waals surface area contributed by atoms with Crippen molar-refractivity contribution in [3.05, 3.63) is 35.7 Å². The number of rotatable bonds is 5. The molecule has 0 saturated carbocycles. The molecule has 1 saturated heterocycles. The standard InChI is InChI=1S/C15H20N6O2/c1-10-19-14(21(2)20-10)15(22)18-7-11-3-5-17-9-13(11)23-12-4-6-16-8-12/h3,5,9,12,16H,4,6-8H2,1-2H3,(H,18,22)/t12-/m0/s1. The van der Waals surface area contributed by atoms with E-state index in [0.717, 1.165) is 25.1 Å². The van der Waals surface area contributed by atoms with E-state index in [1.807, 2.05) is 6.07 Å². The van der Waals surface area contributed by atoms with Crippen molar-refractivity contribution in [1.29, 1.82) is 0 Å². The Hall–Kier alpha value is -2.48. The minimum Gasteiger partial charge on any atom is -0.487 e. The number of amides is 1. The number of hydrogen-bond donors (Lipinski definition) is 2. The lowest BCUT2D eigenvalue weighted by molar-refractivity contribution is 0.0935. The van der Waals surface area contributed by atoms with Crippen LogP contribution in [0.15, 0.2) is 18.5 Å². The summed E-state index contributed by atoms with van der Waals surface area (Å²) in [6, 6.07) is 1.85. The van der Waals surface area contributed by atoms with E-state index in [2.05, 4.69) is 25.7 Å². The molecule has 3 heterocycles. The minimum atomic E-state index is -0.265. The highest BCUT2D eigenvalue weighted by Crippen LogP contribution is 2.19. The fourth-order valence-corrected chi connectivity index (χ4v) is 2.53. The summed E-state index contributed by atoms with van der Waals surface area (Å²) in [5.74, 6) is 1.30. The predicted octanol–water partition coefficient (Wildman–Crippen LogP) is 0.189. The summed E-state index contributed by atoms with van der Waals surface area (Å²) in [7, 11) is 1.70. The van der Waals surface area contributed by atoms with Gasteiger partial charge in [-0.05, 0) is 26.0 Å². The van der Waals surface area contributed by atoms with Crippen LogP contribution in [0.4, 0.5) is 0 Å². The number of hydrogen-bond acceptors (Lipinski definition) is 6. The molecule has 8 nitrogen and oxygen atoms in total. The predicted molar refractivity (Wildman–Crippen MR) is 83.0 cm³/mol. The lowest BCUT2D eigenvalue weighted by Crippen LogP contribution is -2.27. The number of aromatic nitrogens is 4. The zero-order chi connectivity index (χ0) is 16.2. The highest BCUT2D eigenvalue weighted by Gasteiger charge is 2.18. The zero-order valence-corrected chi connectivity index (χ0v) is 13.2. The van der Waals surface area contributed by atoms with Crippen molar-refractivity contribution in [2.75, 3.05) is 13.1 Å². The van der Waals surface area contributed by atoms with Crippen LogP contribution in [0.2, 0.25) is 0 Å². The Balaban J connectivity index is 1.65. The van der Waals surface area contributed by atoms with Crippen LogP contribution in [0.1, 0.15) is 28.4 Å². The molecule has 122 valence electrons. The van der Waals surface area contributed by atoms with E-state index in [1.165, 1.54) is 4.68 Å². The molecule has 2 aromatic heterocycles. The van der Waals surface area contributed by atoms with Crippen LogP contribution < -0.4 is 15.4 Å². The van der Waals surface area contributed by atoms with E-state index in [9.17, 15) is 4.79 Å². The monoisotopic (exact) mass is 316 g/mol. The molecule has 23 heavy (non-hydrogen) atoms. The first-order chi connectivity index (χ1) is 11.1. The molecule has 1 aliphatic heterocycles. The molecule has 0 aromatic carbocycles. The summed E-state index contributed by atoms with van der Waals surface area (Å²) in [5, 5.41) is 10.2. The molecule has 0 unspecified atom stereocenters. The average molecular weight is 316 g/mol. The Kier molecular flexibility index (Phi) is 4.52. The first kappa shape index (κ1) is 15.4. The second kappa shape index (κ2) is 6.74. The van der Waals surface area contributed by atoms with E-state index in [4.69, 9.17) is 4.74 Å². The van der Waals surface area contributed by atoms with Crippen molar-refractivity contribution in [3.8, 4) is 5.75 Å². The van der Waals surface area contributed by atoms with Gasteiger partial charge in [0.05, 0.1) is 6.20 Å². The van der Waals surface area contributed by atoms with Gasteiger partial charge in [0.15, 0.2) is 0 Å². The molecular formula is C15H20N6O2. The lowest BCUT2D eigenvalue weighted by atomic mass is 10.2. The van der Waals surface area contributed by atoms with E-state index in [1.54, 1.807) is 26.4 Å². The number of nitrogens with zero attached hydrogens (tertiary/aromatic N) is 4. The van der Waals surface area contributed by atoms with Crippen LogP contribution >= 0.6 is 0 Å². The molecule has 3 rings (SSSR count). The van der Waals surface area contributed by atoms with Gasteiger partial charge in [0.2, 0.25) is 5.82 Å². The summed E-state index contributed by atoms with van der Waals surface area (Å²) in [5.41, 5.74) is 0.888. The number of aryl methyl sites for hydroxylation is 2. The highest BCUT2D eigenvalue weighted by atomic mass is 16.5. The molecule has 0 aliphatic carbocycles. The molecular weight excluding hydrogens is 296 g/mol. The van der Waals surface area contributed by atoms with E-state index < -0.39 is 0 Å². The van der Waals surface area contributed by atoms with E-state index in [-0.39, 0.29) is 12.0 Å². The van der Waals surface area contributed by atoms with Crippen molar-refractivity contribution in [2.24, 2.45) is 7.05 Å². The fourth-order valence-electron chi connectivity index (χ4n) is 2.53. The molecule has 1 amide bonds. The molecule has 1 fully saturated rings. The maximum Gasteiger partial charge on any atom is 0.289 e. The van der Waals surface area contributed by atoms with Crippen LogP contribution in [0.25, 0.3) is 0 Å². The Morgan fingerprint density at radius 3 is 3.13 bits per heavy atom. The van der Waals surface area contributed by atoms with Gasteiger partial charge in [-0.15, -0.1) is 0 Å². The van der Waals surface area contributed by atoms with Crippen LogP contribution in [-0.2, 0) is 13.6 Å². The smallest absolute Gasteiger partial charge is 0.289 e. The SMILES string of the molecule is Cc1nc(C(=O)NCc2ccncc2O[C@H]2CCNC2)n(C)n1. The summed E-state index contributed by atoms with van der Waals surface area (Å²) in [4.78, 5) is 20.4. The fraction of sp³-hybridized carbons (Fsp3) is 0.467. The van der Waals surface area contributed by atoms with Gasteiger partial charge in [-0.25, -0.2) is 9.67 Å². The number of pyridine rings is 1. The van der Waals surface area contributed by atoms with Crippen LogP contribution in [0, 0.1) is 6.92 Å². The topological polar surface area (TPSA) is 94.0 Å². The van der Waals surface area contributed by atoms with Crippen molar-refractivity contribution < 1.29 is 9.53 Å². The maximum atomic E-state index is 12.2. The lowest BCUT2D eigenvalue weighted by Gasteiger charge is -2.15. The number of carbonyl (C=O) groups is 1. The van der Waals surface area contributed by atoms with Gasteiger partial charge in [-0.3, -0.25) is 9.78 Å². The van der Waals surface area contributed by atoms with Crippen molar-refractivity contribution in [1.82, 2.24) is 30.4 Å². The third-order valence-electron chi connectivity index (χ3n) is 3.69. The Labute approximate surface area is 134 Å². The molecule has 2 aromatic rings. The quantitative estimate of drug-likeness (QED) is 0.818. The molecule has 2 N–H and O–H groups in total. The Morgan fingerprint density at radius 1 is 1.57 bits per heavy atom. The number of nitrogens with one attached hydrogen (secondary N) is 2. The molecule has 0 radical (unpaired) electrons. The van der Waals surface area contributed by atoms with Gasteiger partial charge < -0.3 is 15.4 Å². The average Bonchev–Trinajstić information content (AvgIpc) is 3.15. The zero-order valence-electron chi connectivity index (χ0n) is 13.2. The maximum absolute atomic E-state index is 12.2. The minimum absolute atomic E-state index is 0.148. The largest absolute Gasteiger partial charge is 0.487 e. The van der Waals surface area contributed by atoms with Crippen LogP contribution in [-0.4, -0.2) is 44.8 Å².